The first-order chi connectivity index (χ1) is 15.9. The van der Waals surface area contributed by atoms with Gasteiger partial charge < -0.3 is 9.84 Å². The Morgan fingerprint density at radius 1 is 1.15 bits per heavy atom. The van der Waals surface area contributed by atoms with Crippen molar-refractivity contribution in [3.05, 3.63) is 69.8 Å². The quantitative estimate of drug-likeness (QED) is 0.447. The summed E-state index contributed by atoms with van der Waals surface area (Å²) in [6.45, 7) is 0. The number of rotatable bonds is 7. The molecule has 7 nitrogen and oxygen atoms in total. The molecule has 0 saturated carbocycles. The monoisotopic (exact) mass is 485 g/mol. The Morgan fingerprint density at radius 2 is 1.97 bits per heavy atom. The summed E-state index contributed by atoms with van der Waals surface area (Å²) in [5.41, 5.74) is 2.85. The summed E-state index contributed by atoms with van der Waals surface area (Å²) in [5, 5.41) is 16.6. The third kappa shape index (κ3) is 5.10. The average Bonchev–Trinajstić information content (AvgIpc) is 3.23. The van der Waals surface area contributed by atoms with E-state index in [9.17, 15) is 9.59 Å². The first kappa shape index (κ1) is 23.0. The first-order valence-corrected chi connectivity index (χ1v) is 11.1. The molecule has 1 unspecified atom stereocenters. The maximum Gasteiger partial charge on any atom is 0.303 e. The lowest BCUT2D eigenvalue weighted by Crippen LogP contribution is -2.27. The number of carboxylic acids is 1. The summed E-state index contributed by atoms with van der Waals surface area (Å²) < 4.78 is 5.26. The zero-order valence-corrected chi connectivity index (χ0v) is 19.3. The lowest BCUT2D eigenvalue weighted by molar-refractivity contribution is -0.137. The number of hydrogen-bond donors (Lipinski definition) is 1. The van der Waals surface area contributed by atoms with E-state index in [1.807, 2.05) is 30.3 Å². The van der Waals surface area contributed by atoms with Crippen LogP contribution in [0.2, 0.25) is 10.2 Å². The number of halogens is 2. The molecule has 2 heterocycles. The molecule has 33 heavy (non-hydrogen) atoms. The zero-order valence-electron chi connectivity index (χ0n) is 17.8. The molecule has 0 bridgehead atoms. The number of aromatic nitrogens is 1. The van der Waals surface area contributed by atoms with Crippen LogP contribution in [0.5, 0.6) is 5.75 Å². The first-order valence-electron chi connectivity index (χ1n) is 10.4. The number of ether oxygens (including phenoxy) is 1. The van der Waals surface area contributed by atoms with Gasteiger partial charge in [0.15, 0.2) is 0 Å². The fourth-order valence-electron chi connectivity index (χ4n) is 3.83. The fraction of sp³-hybridized carbons (Fsp3) is 0.250. The maximum absolute atomic E-state index is 13.0. The summed E-state index contributed by atoms with van der Waals surface area (Å²) in [7, 11) is 1.58. The molecule has 1 aromatic heterocycles. The topological polar surface area (TPSA) is 92.1 Å². The second kappa shape index (κ2) is 9.77. The number of methoxy groups -OCH3 is 1. The minimum Gasteiger partial charge on any atom is -0.497 e. The number of amides is 1. The van der Waals surface area contributed by atoms with Crippen molar-refractivity contribution >= 4 is 51.7 Å². The number of nitrogens with zero attached hydrogens (tertiary/aromatic N) is 3. The lowest BCUT2D eigenvalue weighted by atomic mass is 9.98. The summed E-state index contributed by atoms with van der Waals surface area (Å²) in [6, 6.07) is 14.2. The van der Waals surface area contributed by atoms with Crippen molar-refractivity contribution in [3.8, 4) is 5.75 Å². The van der Waals surface area contributed by atoms with Gasteiger partial charge in [-0.05, 0) is 42.3 Å². The van der Waals surface area contributed by atoms with E-state index in [0.29, 0.717) is 34.0 Å². The van der Waals surface area contributed by atoms with Crippen LogP contribution in [0.3, 0.4) is 0 Å². The van der Waals surface area contributed by atoms with Gasteiger partial charge >= 0.3 is 5.97 Å². The van der Waals surface area contributed by atoms with Crippen LogP contribution in [0.25, 0.3) is 10.9 Å². The SMILES string of the molecule is COc1ccc2cc(C3CC(c4cccc(Cl)c4)=NN3C(=O)CCCC(=O)O)c(Cl)nc2c1. The smallest absolute Gasteiger partial charge is 0.303 e. The predicted octanol–water partition coefficient (Wildman–Crippen LogP) is 5.48. The summed E-state index contributed by atoms with van der Waals surface area (Å²) >= 11 is 12.7. The number of aliphatic carboxylic acids is 1. The third-order valence-electron chi connectivity index (χ3n) is 5.47. The Labute approximate surface area is 200 Å². The number of fused-ring (bicyclic) bond motifs is 1. The van der Waals surface area contributed by atoms with E-state index in [1.54, 1.807) is 25.3 Å². The Morgan fingerprint density at radius 3 is 2.70 bits per heavy atom. The van der Waals surface area contributed by atoms with E-state index in [4.69, 9.17) is 33.0 Å². The zero-order chi connectivity index (χ0) is 23.5. The van der Waals surface area contributed by atoms with Gasteiger partial charge in [0.1, 0.15) is 10.9 Å². The molecule has 0 radical (unpaired) electrons. The number of hydrogen-bond acceptors (Lipinski definition) is 5. The summed E-state index contributed by atoms with van der Waals surface area (Å²) in [6.07, 6.45) is 0.622. The van der Waals surface area contributed by atoms with E-state index < -0.39 is 12.0 Å². The molecule has 3 aromatic rings. The van der Waals surface area contributed by atoms with Crippen LogP contribution in [-0.4, -0.2) is 39.8 Å². The van der Waals surface area contributed by atoms with Gasteiger partial charge in [0.25, 0.3) is 0 Å². The normalized spacial score (nSPS) is 15.5. The van der Waals surface area contributed by atoms with Crippen LogP contribution in [0.15, 0.2) is 53.6 Å². The highest BCUT2D eigenvalue weighted by Gasteiger charge is 2.34. The molecule has 1 aliphatic heterocycles. The molecule has 0 aliphatic carbocycles. The molecule has 2 aromatic carbocycles. The number of carbonyl (C=O) groups excluding carboxylic acids is 1. The van der Waals surface area contributed by atoms with Crippen LogP contribution in [0.4, 0.5) is 0 Å². The molecule has 9 heteroatoms. The highest BCUT2D eigenvalue weighted by molar-refractivity contribution is 6.31. The van der Waals surface area contributed by atoms with Gasteiger partial charge in [-0.25, -0.2) is 9.99 Å². The van der Waals surface area contributed by atoms with Crippen LogP contribution < -0.4 is 4.74 Å². The van der Waals surface area contributed by atoms with Crippen LogP contribution in [0, 0.1) is 0 Å². The van der Waals surface area contributed by atoms with Crippen molar-refractivity contribution in [2.45, 2.75) is 31.7 Å². The molecule has 1 aliphatic rings. The Kier molecular flexibility index (Phi) is 6.81. The highest BCUT2D eigenvalue weighted by atomic mass is 35.5. The molecule has 4 rings (SSSR count). The minimum absolute atomic E-state index is 0.0605. The van der Waals surface area contributed by atoms with Crippen molar-refractivity contribution in [1.82, 2.24) is 9.99 Å². The highest BCUT2D eigenvalue weighted by Crippen LogP contribution is 2.38. The van der Waals surface area contributed by atoms with Gasteiger partial charge in [-0.2, -0.15) is 5.10 Å². The molecule has 170 valence electrons. The van der Waals surface area contributed by atoms with Crippen molar-refractivity contribution in [2.24, 2.45) is 5.10 Å². The van der Waals surface area contributed by atoms with Gasteiger partial charge in [-0.1, -0.05) is 35.3 Å². The second-order valence-electron chi connectivity index (χ2n) is 7.69. The molecular weight excluding hydrogens is 465 g/mol. The van der Waals surface area contributed by atoms with E-state index >= 15 is 0 Å². The Hall–Kier alpha value is -3.16. The van der Waals surface area contributed by atoms with Gasteiger partial charge in [0.2, 0.25) is 5.91 Å². The van der Waals surface area contributed by atoms with Gasteiger partial charge in [0.05, 0.1) is 24.4 Å². The number of hydrazone groups is 1. The predicted molar refractivity (Wildman–Crippen MR) is 127 cm³/mol. The second-order valence-corrected chi connectivity index (χ2v) is 8.48. The van der Waals surface area contributed by atoms with E-state index in [1.165, 1.54) is 5.01 Å². The molecule has 0 spiro atoms. The van der Waals surface area contributed by atoms with E-state index in [0.717, 1.165) is 10.9 Å². The Balaban J connectivity index is 1.70. The van der Waals surface area contributed by atoms with E-state index in [2.05, 4.69) is 10.1 Å². The van der Waals surface area contributed by atoms with Crippen LogP contribution in [0.1, 0.15) is 42.9 Å². The van der Waals surface area contributed by atoms with Crippen molar-refractivity contribution in [1.29, 1.82) is 0 Å². The molecule has 1 amide bonds. The Bertz CT molecular complexity index is 1260. The summed E-state index contributed by atoms with van der Waals surface area (Å²) in [5.74, 6) is -0.549. The molecule has 0 saturated heterocycles. The van der Waals surface area contributed by atoms with Crippen LogP contribution in [-0.2, 0) is 9.59 Å². The maximum atomic E-state index is 13.0. The largest absolute Gasteiger partial charge is 0.497 e. The van der Waals surface area contributed by atoms with Crippen molar-refractivity contribution in [2.75, 3.05) is 7.11 Å². The van der Waals surface area contributed by atoms with Gasteiger partial charge in [0, 0.05) is 41.3 Å². The number of pyridine rings is 1. The number of carboxylic acid groups (broad SMARTS) is 1. The average molecular weight is 486 g/mol. The van der Waals surface area contributed by atoms with Gasteiger partial charge in [-0.3, -0.25) is 9.59 Å². The molecular formula is C24H21Cl2N3O4. The molecule has 0 fully saturated rings. The third-order valence-corrected chi connectivity index (χ3v) is 6.01. The molecule has 1 N–H and O–H groups in total. The standard InChI is InChI=1S/C24H21Cl2N3O4/c1-33-17-9-8-15-11-18(24(26)27-19(15)12-17)21-13-20(14-4-2-5-16(25)10-14)28-29(21)22(30)6-3-7-23(31)32/h2,4-5,8-12,21H,3,6-7,13H2,1H3,(H,31,32). The fourth-order valence-corrected chi connectivity index (χ4v) is 4.29. The van der Waals surface area contributed by atoms with Crippen molar-refractivity contribution < 1.29 is 19.4 Å². The van der Waals surface area contributed by atoms with Crippen LogP contribution >= 0.6 is 23.2 Å². The summed E-state index contributed by atoms with van der Waals surface area (Å²) in [4.78, 5) is 28.4. The number of carbonyl (C=O) groups is 2. The number of benzene rings is 2. The van der Waals surface area contributed by atoms with Crippen molar-refractivity contribution in [3.63, 3.8) is 0 Å². The van der Waals surface area contributed by atoms with Gasteiger partial charge in [-0.15, -0.1) is 0 Å². The minimum atomic E-state index is -0.943. The molecule has 1 atom stereocenters. The lowest BCUT2D eigenvalue weighted by Gasteiger charge is -2.23. The van der Waals surface area contributed by atoms with E-state index in [-0.39, 0.29) is 30.3 Å².